The first-order valence-corrected chi connectivity index (χ1v) is 6.16. The molecule has 94 valence electrons. The van der Waals surface area contributed by atoms with E-state index in [0.717, 1.165) is 25.9 Å². The highest BCUT2D eigenvalue weighted by molar-refractivity contribution is 5.78. The zero-order valence-electron chi connectivity index (χ0n) is 9.97. The van der Waals surface area contributed by atoms with Gasteiger partial charge in [-0.2, -0.15) is 0 Å². The van der Waals surface area contributed by atoms with Gasteiger partial charge in [-0.15, -0.1) is 0 Å². The predicted octanol–water partition coefficient (Wildman–Crippen LogP) is 1.03. The largest absolute Gasteiger partial charge is 0.508 e. The molecule has 1 aliphatic heterocycles. The third-order valence-electron chi connectivity index (χ3n) is 3.43. The van der Waals surface area contributed by atoms with E-state index < -0.39 is 0 Å². The summed E-state index contributed by atoms with van der Waals surface area (Å²) in [7, 11) is 0. The van der Waals surface area contributed by atoms with E-state index in [1.165, 1.54) is 12.1 Å². The van der Waals surface area contributed by atoms with Crippen LogP contribution in [-0.2, 0) is 0 Å². The molecule has 2 N–H and O–H groups in total. The quantitative estimate of drug-likeness (QED) is 0.787. The van der Waals surface area contributed by atoms with Gasteiger partial charge in [-0.3, -0.25) is 9.36 Å². The van der Waals surface area contributed by atoms with Crippen LogP contribution in [0.1, 0.15) is 18.9 Å². The van der Waals surface area contributed by atoms with E-state index in [9.17, 15) is 9.90 Å². The number of fused-ring (bicyclic) bond motifs is 1. The predicted molar refractivity (Wildman–Crippen MR) is 68.8 cm³/mol. The van der Waals surface area contributed by atoms with Crippen molar-refractivity contribution in [1.82, 2.24) is 14.9 Å². The Bertz CT molecular complexity index is 630. The fourth-order valence-corrected chi connectivity index (χ4v) is 2.45. The van der Waals surface area contributed by atoms with E-state index in [0.29, 0.717) is 10.9 Å². The maximum Gasteiger partial charge on any atom is 0.261 e. The Kier molecular flexibility index (Phi) is 2.76. The van der Waals surface area contributed by atoms with E-state index in [4.69, 9.17) is 0 Å². The normalized spacial score (nSPS) is 20.1. The number of nitrogens with one attached hydrogen (secondary N) is 1. The molecule has 3 rings (SSSR count). The van der Waals surface area contributed by atoms with Crippen molar-refractivity contribution in [3.05, 3.63) is 34.9 Å². The van der Waals surface area contributed by atoms with Crippen molar-refractivity contribution in [3.63, 3.8) is 0 Å². The number of rotatable bonds is 1. The molecule has 18 heavy (non-hydrogen) atoms. The summed E-state index contributed by atoms with van der Waals surface area (Å²) in [5.41, 5.74) is 0.508. The molecule has 1 aliphatic rings. The van der Waals surface area contributed by atoms with Crippen molar-refractivity contribution in [3.8, 4) is 5.75 Å². The second kappa shape index (κ2) is 4.42. The zero-order valence-corrected chi connectivity index (χ0v) is 9.97. The monoisotopic (exact) mass is 245 g/mol. The lowest BCUT2D eigenvalue weighted by Crippen LogP contribution is -2.36. The first-order chi connectivity index (χ1) is 8.75. The van der Waals surface area contributed by atoms with Crippen molar-refractivity contribution in [2.24, 2.45) is 0 Å². The molecule has 0 spiro atoms. The summed E-state index contributed by atoms with van der Waals surface area (Å²) < 4.78 is 1.70. The summed E-state index contributed by atoms with van der Waals surface area (Å²) >= 11 is 0. The molecule has 0 amide bonds. The van der Waals surface area contributed by atoms with E-state index in [1.807, 2.05) is 0 Å². The maximum atomic E-state index is 12.4. The van der Waals surface area contributed by atoms with Gasteiger partial charge in [-0.05, 0) is 31.5 Å². The number of phenolic OH excluding ortho intramolecular Hbond substituents is 1. The van der Waals surface area contributed by atoms with Gasteiger partial charge in [0.25, 0.3) is 5.56 Å². The molecule has 0 radical (unpaired) electrons. The number of hydrogen-bond donors (Lipinski definition) is 2. The highest BCUT2D eigenvalue weighted by atomic mass is 16.3. The fraction of sp³-hybridized carbons (Fsp3) is 0.385. The molecule has 1 aromatic heterocycles. The van der Waals surface area contributed by atoms with Crippen LogP contribution < -0.4 is 10.9 Å². The van der Waals surface area contributed by atoms with Gasteiger partial charge in [0.1, 0.15) is 5.75 Å². The minimum atomic E-state index is -0.0336. The SMILES string of the molecule is O=c1c2ccc(O)cc2ncn1C1CCCNC1. The van der Waals surface area contributed by atoms with Crippen LogP contribution in [0.15, 0.2) is 29.3 Å². The van der Waals surface area contributed by atoms with Crippen LogP contribution in [0.2, 0.25) is 0 Å². The number of nitrogens with zero attached hydrogens (tertiary/aromatic N) is 2. The highest BCUT2D eigenvalue weighted by Crippen LogP contribution is 2.18. The van der Waals surface area contributed by atoms with E-state index in [-0.39, 0.29) is 17.4 Å². The Labute approximate surface area is 104 Å². The molecular weight excluding hydrogens is 230 g/mol. The summed E-state index contributed by atoms with van der Waals surface area (Å²) in [5, 5.41) is 13.2. The summed E-state index contributed by atoms with van der Waals surface area (Å²) in [6.45, 7) is 1.82. The molecular formula is C13H15N3O2. The van der Waals surface area contributed by atoms with Gasteiger partial charge in [0.15, 0.2) is 0 Å². The Hall–Kier alpha value is -1.88. The first-order valence-electron chi connectivity index (χ1n) is 6.16. The smallest absolute Gasteiger partial charge is 0.261 e. The molecule has 5 heteroatoms. The van der Waals surface area contributed by atoms with Crippen molar-refractivity contribution in [2.75, 3.05) is 13.1 Å². The van der Waals surface area contributed by atoms with Crippen LogP contribution in [0.4, 0.5) is 0 Å². The Morgan fingerprint density at radius 3 is 3.11 bits per heavy atom. The lowest BCUT2D eigenvalue weighted by atomic mass is 10.1. The minimum Gasteiger partial charge on any atom is -0.508 e. The summed E-state index contributed by atoms with van der Waals surface area (Å²) in [6.07, 6.45) is 3.66. The van der Waals surface area contributed by atoms with Gasteiger partial charge >= 0.3 is 0 Å². The number of piperidine rings is 1. The minimum absolute atomic E-state index is 0.0336. The number of benzene rings is 1. The van der Waals surface area contributed by atoms with Gasteiger partial charge in [0, 0.05) is 12.6 Å². The lowest BCUT2D eigenvalue weighted by Gasteiger charge is -2.24. The molecule has 2 aromatic rings. The van der Waals surface area contributed by atoms with Crippen molar-refractivity contribution < 1.29 is 5.11 Å². The Balaban J connectivity index is 2.11. The number of aromatic nitrogens is 2. The van der Waals surface area contributed by atoms with Crippen LogP contribution in [0.3, 0.4) is 0 Å². The molecule has 1 aromatic carbocycles. The van der Waals surface area contributed by atoms with Crippen molar-refractivity contribution >= 4 is 10.9 Å². The second-order valence-corrected chi connectivity index (χ2v) is 4.66. The summed E-state index contributed by atoms with van der Waals surface area (Å²) in [4.78, 5) is 16.6. The number of hydrogen-bond acceptors (Lipinski definition) is 4. The molecule has 2 heterocycles. The van der Waals surface area contributed by atoms with E-state index in [1.54, 1.807) is 17.0 Å². The van der Waals surface area contributed by atoms with Gasteiger partial charge in [-0.1, -0.05) is 0 Å². The average molecular weight is 245 g/mol. The highest BCUT2D eigenvalue weighted by Gasteiger charge is 2.17. The molecule has 0 aliphatic carbocycles. The van der Waals surface area contributed by atoms with Crippen LogP contribution in [-0.4, -0.2) is 27.7 Å². The number of phenols is 1. The van der Waals surface area contributed by atoms with Gasteiger partial charge in [-0.25, -0.2) is 4.98 Å². The van der Waals surface area contributed by atoms with E-state index in [2.05, 4.69) is 10.3 Å². The Morgan fingerprint density at radius 1 is 1.44 bits per heavy atom. The van der Waals surface area contributed by atoms with Gasteiger partial charge < -0.3 is 10.4 Å². The van der Waals surface area contributed by atoms with Crippen LogP contribution in [0.25, 0.3) is 10.9 Å². The van der Waals surface area contributed by atoms with Gasteiger partial charge in [0.05, 0.1) is 23.3 Å². The topological polar surface area (TPSA) is 67.1 Å². The molecule has 1 unspecified atom stereocenters. The molecule has 1 fully saturated rings. The molecule has 5 nitrogen and oxygen atoms in total. The fourth-order valence-electron chi connectivity index (χ4n) is 2.45. The molecule has 0 bridgehead atoms. The lowest BCUT2D eigenvalue weighted by molar-refractivity contribution is 0.363. The molecule has 1 atom stereocenters. The van der Waals surface area contributed by atoms with Crippen LogP contribution in [0, 0.1) is 0 Å². The van der Waals surface area contributed by atoms with Crippen LogP contribution in [0.5, 0.6) is 5.75 Å². The van der Waals surface area contributed by atoms with Gasteiger partial charge in [0.2, 0.25) is 0 Å². The average Bonchev–Trinajstić information content (AvgIpc) is 2.40. The molecule has 0 saturated carbocycles. The van der Waals surface area contributed by atoms with Crippen molar-refractivity contribution in [1.29, 1.82) is 0 Å². The standard InChI is InChI=1S/C13H15N3O2/c17-10-3-4-11-12(6-10)15-8-16(13(11)18)9-2-1-5-14-7-9/h3-4,6,8-9,14,17H,1-2,5,7H2. The second-order valence-electron chi connectivity index (χ2n) is 4.66. The van der Waals surface area contributed by atoms with E-state index >= 15 is 0 Å². The van der Waals surface area contributed by atoms with Crippen LogP contribution >= 0.6 is 0 Å². The zero-order chi connectivity index (χ0) is 12.5. The molecule has 1 saturated heterocycles. The summed E-state index contributed by atoms with van der Waals surface area (Å²) in [6, 6.07) is 4.85. The third kappa shape index (κ3) is 1.86. The third-order valence-corrected chi connectivity index (χ3v) is 3.43. The maximum absolute atomic E-state index is 12.4. The first kappa shape index (κ1) is 11.2. The number of aromatic hydroxyl groups is 1. The summed E-state index contributed by atoms with van der Waals surface area (Å²) in [5.74, 6) is 0.131. The van der Waals surface area contributed by atoms with Crippen molar-refractivity contribution in [2.45, 2.75) is 18.9 Å². The Morgan fingerprint density at radius 2 is 2.33 bits per heavy atom.